The number of nitrogen functional groups attached to an aromatic ring is 1. The van der Waals surface area contributed by atoms with Gasteiger partial charge < -0.3 is 10.5 Å². The van der Waals surface area contributed by atoms with E-state index in [1.165, 1.54) is 6.07 Å². The third-order valence-corrected chi connectivity index (χ3v) is 4.17. The summed E-state index contributed by atoms with van der Waals surface area (Å²) < 4.78 is 31.5. The van der Waals surface area contributed by atoms with Gasteiger partial charge in [0.2, 0.25) is 10.0 Å². The molecule has 0 unspecified atom stereocenters. The third-order valence-electron chi connectivity index (χ3n) is 2.73. The van der Waals surface area contributed by atoms with Crippen LogP contribution in [0.15, 0.2) is 17.0 Å². The van der Waals surface area contributed by atoms with E-state index < -0.39 is 10.0 Å². The van der Waals surface area contributed by atoms with Crippen molar-refractivity contribution in [1.82, 2.24) is 4.72 Å². The Morgan fingerprint density at radius 3 is 2.56 bits per heavy atom. The molecule has 0 atom stereocenters. The van der Waals surface area contributed by atoms with Gasteiger partial charge >= 0.3 is 0 Å². The standard InChI is InChI=1S/C12H20N2O3S/c1-4-17-6-5-14-18(15,16)11-7-9(2)10(3)12(13)8-11/h7-8,14H,4-6,13H2,1-3H3. The van der Waals surface area contributed by atoms with E-state index in [4.69, 9.17) is 10.5 Å². The maximum Gasteiger partial charge on any atom is 0.240 e. The van der Waals surface area contributed by atoms with Crippen molar-refractivity contribution >= 4 is 15.7 Å². The van der Waals surface area contributed by atoms with E-state index in [0.717, 1.165) is 11.1 Å². The van der Waals surface area contributed by atoms with Crippen LogP contribution in [-0.4, -0.2) is 28.2 Å². The minimum atomic E-state index is -3.51. The summed E-state index contributed by atoms with van der Waals surface area (Å²) in [7, 11) is -3.51. The van der Waals surface area contributed by atoms with E-state index in [0.29, 0.717) is 18.9 Å². The summed E-state index contributed by atoms with van der Waals surface area (Å²) in [5.74, 6) is 0. The Hall–Kier alpha value is -1.11. The Morgan fingerprint density at radius 1 is 1.33 bits per heavy atom. The first-order valence-electron chi connectivity index (χ1n) is 5.82. The van der Waals surface area contributed by atoms with Gasteiger partial charge in [-0.2, -0.15) is 0 Å². The maximum absolute atomic E-state index is 12.0. The number of nitrogens with two attached hydrogens (primary N) is 1. The lowest BCUT2D eigenvalue weighted by Crippen LogP contribution is -2.27. The molecule has 18 heavy (non-hydrogen) atoms. The summed E-state index contributed by atoms with van der Waals surface area (Å²) in [5, 5.41) is 0. The number of rotatable bonds is 6. The second-order valence-corrected chi connectivity index (χ2v) is 5.82. The quantitative estimate of drug-likeness (QED) is 0.602. The van der Waals surface area contributed by atoms with E-state index in [-0.39, 0.29) is 11.4 Å². The molecule has 1 rings (SSSR count). The van der Waals surface area contributed by atoms with Gasteiger partial charge in [-0.1, -0.05) is 0 Å². The summed E-state index contributed by atoms with van der Waals surface area (Å²) in [5.41, 5.74) is 8.03. The number of hydrogen-bond donors (Lipinski definition) is 2. The molecule has 0 aromatic heterocycles. The summed E-state index contributed by atoms with van der Waals surface area (Å²) >= 11 is 0. The molecule has 0 amide bonds. The highest BCUT2D eigenvalue weighted by atomic mass is 32.2. The second-order valence-electron chi connectivity index (χ2n) is 4.05. The molecule has 0 fully saturated rings. The fourth-order valence-corrected chi connectivity index (χ4v) is 2.62. The van der Waals surface area contributed by atoms with Crippen molar-refractivity contribution in [2.45, 2.75) is 25.7 Å². The summed E-state index contributed by atoms with van der Waals surface area (Å²) in [6.45, 7) is 6.74. The lowest BCUT2D eigenvalue weighted by molar-refractivity contribution is 0.153. The van der Waals surface area contributed by atoms with Gasteiger partial charge in [0.05, 0.1) is 11.5 Å². The predicted octanol–water partition coefficient (Wildman–Crippen LogP) is 1.20. The molecule has 0 bridgehead atoms. The number of aryl methyl sites for hydroxylation is 1. The van der Waals surface area contributed by atoms with Crippen LogP contribution >= 0.6 is 0 Å². The first-order valence-corrected chi connectivity index (χ1v) is 7.31. The molecular formula is C12H20N2O3S. The van der Waals surface area contributed by atoms with Gasteiger partial charge in [0.15, 0.2) is 0 Å². The highest BCUT2D eigenvalue weighted by Crippen LogP contribution is 2.21. The van der Waals surface area contributed by atoms with Gasteiger partial charge in [-0.3, -0.25) is 0 Å². The third kappa shape index (κ3) is 3.69. The van der Waals surface area contributed by atoms with Gasteiger partial charge in [0.1, 0.15) is 0 Å². The molecule has 6 heteroatoms. The van der Waals surface area contributed by atoms with Crippen LogP contribution < -0.4 is 10.5 Å². The van der Waals surface area contributed by atoms with Gasteiger partial charge in [0, 0.05) is 18.8 Å². The Labute approximate surface area is 108 Å². The van der Waals surface area contributed by atoms with Crippen LogP contribution in [0.2, 0.25) is 0 Å². The number of sulfonamides is 1. The van der Waals surface area contributed by atoms with Crippen molar-refractivity contribution in [3.63, 3.8) is 0 Å². The van der Waals surface area contributed by atoms with Gasteiger partial charge in [-0.15, -0.1) is 0 Å². The Morgan fingerprint density at radius 2 is 2.00 bits per heavy atom. The van der Waals surface area contributed by atoms with Crippen molar-refractivity contribution < 1.29 is 13.2 Å². The highest BCUT2D eigenvalue weighted by molar-refractivity contribution is 7.89. The maximum atomic E-state index is 12.0. The smallest absolute Gasteiger partial charge is 0.240 e. The van der Waals surface area contributed by atoms with Crippen LogP contribution in [0.25, 0.3) is 0 Å². The molecule has 5 nitrogen and oxygen atoms in total. The number of anilines is 1. The number of nitrogens with one attached hydrogen (secondary N) is 1. The molecule has 0 spiro atoms. The average molecular weight is 272 g/mol. The lowest BCUT2D eigenvalue weighted by atomic mass is 10.1. The SMILES string of the molecule is CCOCCNS(=O)(=O)c1cc(C)c(C)c(N)c1. The lowest BCUT2D eigenvalue weighted by Gasteiger charge is -2.10. The minimum Gasteiger partial charge on any atom is -0.398 e. The van der Waals surface area contributed by atoms with Crippen LogP contribution in [-0.2, 0) is 14.8 Å². The monoisotopic (exact) mass is 272 g/mol. The van der Waals surface area contributed by atoms with Crippen LogP contribution in [0.3, 0.4) is 0 Å². The van der Waals surface area contributed by atoms with Gasteiger partial charge in [-0.05, 0) is 44.0 Å². The van der Waals surface area contributed by atoms with Crippen LogP contribution in [0.4, 0.5) is 5.69 Å². The molecular weight excluding hydrogens is 252 g/mol. The van der Waals surface area contributed by atoms with E-state index in [1.807, 2.05) is 20.8 Å². The fourth-order valence-electron chi connectivity index (χ4n) is 1.48. The zero-order valence-electron chi connectivity index (χ0n) is 11.0. The molecule has 0 aliphatic carbocycles. The molecule has 0 heterocycles. The normalized spacial score (nSPS) is 11.7. The van der Waals surface area contributed by atoms with Crippen molar-refractivity contribution in [3.8, 4) is 0 Å². The molecule has 0 radical (unpaired) electrons. The summed E-state index contributed by atoms with van der Waals surface area (Å²) in [6.07, 6.45) is 0. The Balaban J connectivity index is 2.85. The second kappa shape index (κ2) is 6.17. The summed E-state index contributed by atoms with van der Waals surface area (Å²) in [6, 6.07) is 3.10. The molecule has 1 aromatic carbocycles. The number of ether oxygens (including phenoxy) is 1. The Bertz CT molecular complexity index is 489. The molecule has 0 saturated heterocycles. The zero-order chi connectivity index (χ0) is 13.8. The zero-order valence-corrected chi connectivity index (χ0v) is 11.8. The van der Waals surface area contributed by atoms with Crippen molar-refractivity contribution in [2.24, 2.45) is 0 Å². The largest absolute Gasteiger partial charge is 0.398 e. The van der Waals surface area contributed by atoms with E-state index in [9.17, 15) is 8.42 Å². The van der Waals surface area contributed by atoms with E-state index >= 15 is 0 Å². The molecule has 102 valence electrons. The highest BCUT2D eigenvalue weighted by Gasteiger charge is 2.15. The van der Waals surface area contributed by atoms with Crippen LogP contribution in [0.5, 0.6) is 0 Å². The van der Waals surface area contributed by atoms with Crippen LogP contribution in [0.1, 0.15) is 18.1 Å². The van der Waals surface area contributed by atoms with E-state index in [2.05, 4.69) is 4.72 Å². The van der Waals surface area contributed by atoms with Gasteiger partial charge in [0.25, 0.3) is 0 Å². The topological polar surface area (TPSA) is 81.4 Å². The van der Waals surface area contributed by atoms with Crippen LogP contribution in [0, 0.1) is 13.8 Å². The van der Waals surface area contributed by atoms with E-state index in [1.54, 1.807) is 6.07 Å². The van der Waals surface area contributed by atoms with Crippen molar-refractivity contribution in [3.05, 3.63) is 23.3 Å². The average Bonchev–Trinajstić information content (AvgIpc) is 2.31. The first-order chi connectivity index (χ1) is 8.38. The molecule has 0 saturated carbocycles. The van der Waals surface area contributed by atoms with Crippen molar-refractivity contribution in [1.29, 1.82) is 0 Å². The summed E-state index contributed by atoms with van der Waals surface area (Å²) in [4.78, 5) is 0.194. The molecule has 1 aromatic rings. The first kappa shape index (κ1) is 14.9. The fraction of sp³-hybridized carbons (Fsp3) is 0.500. The predicted molar refractivity (Wildman–Crippen MR) is 72.0 cm³/mol. The molecule has 0 aliphatic rings. The Kier molecular flexibility index (Phi) is 5.13. The molecule has 3 N–H and O–H groups in total. The van der Waals surface area contributed by atoms with Crippen molar-refractivity contribution in [2.75, 3.05) is 25.5 Å². The minimum absolute atomic E-state index is 0.194. The molecule has 0 aliphatic heterocycles. The number of benzene rings is 1. The van der Waals surface area contributed by atoms with Gasteiger partial charge in [-0.25, -0.2) is 13.1 Å². The number of hydrogen-bond acceptors (Lipinski definition) is 4.